The number of hydrogen-bond acceptors (Lipinski definition) is 0. The molecule has 1 aliphatic carbocycles. The fourth-order valence-electron chi connectivity index (χ4n) is 6.27. The van der Waals surface area contributed by atoms with E-state index in [1.807, 2.05) is 0 Å². The molecule has 0 N–H and O–H groups in total. The number of aromatic nitrogens is 1. The maximum atomic E-state index is 7.17. The van der Waals surface area contributed by atoms with Crippen molar-refractivity contribution in [2.24, 2.45) is 0 Å². The average Bonchev–Trinajstić information content (AvgIpc) is 3.27. The highest BCUT2D eigenvalue weighted by Crippen LogP contribution is 2.55. The standard InChI is InChI=1S/C35H36ClN/c1-33(2,3)21-13-16-23(17-14-21)37-28-18-15-22(34(4,5)6)19-25(28)31-29(37)20-27(36)30-24-11-9-10-12-26(24)35(7,8)32(30)31/h9-20H,1-8H3. The van der Waals surface area contributed by atoms with Crippen molar-refractivity contribution in [1.29, 1.82) is 0 Å². The molecule has 4 aromatic carbocycles. The van der Waals surface area contributed by atoms with E-state index in [4.69, 9.17) is 11.6 Å². The average molecular weight is 506 g/mol. The van der Waals surface area contributed by atoms with Crippen molar-refractivity contribution >= 4 is 33.4 Å². The molecule has 0 radical (unpaired) electrons. The first-order valence-corrected chi connectivity index (χ1v) is 13.7. The van der Waals surface area contributed by atoms with Crippen molar-refractivity contribution in [2.75, 3.05) is 0 Å². The zero-order valence-corrected chi connectivity index (χ0v) is 24.0. The third kappa shape index (κ3) is 3.51. The molecular weight excluding hydrogens is 470 g/mol. The van der Waals surface area contributed by atoms with Crippen molar-refractivity contribution in [3.05, 3.63) is 100 Å². The van der Waals surface area contributed by atoms with E-state index in [0.717, 1.165) is 5.02 Å². The Morgan fingerprint density at radius 2 is 1.32 bits per heavy atom. The Bertz CT molecular complexity index is 1700. The molecule has 0 unspecified atom stereocenters. The van der Waals surface area contributed by atoms with Gasteiger partial charge in [0.25, 0.3) is 0 Å². The Hall–Kier alpha value is -3.03. The number of rotatable bonds is 1. The van der Waals surface area contributed by atoms with Crippen molar-refractivity contribution < 1.29 is 0 Å². The highest BCUT2D eigenvalue weighted by molar-refractivity contribution is 6.35. The highest BCUT2D eigenvalue weighted by Gasteiger charge is 2.39. The van der Waals surface area contributed by atoms with E-state index in [1.54, 1.807) is 0 Å². The van der Waals surface area contributed by atoms with Gasteiger partial charge in [0.1, 0.15) is 0 Å². The molecule has 0 saturated carbocycles. The number of fused-ring (bicyclic) bond motifs is 7. The fourth-order valence-corrected chi connectivity index (χ4v) is 6.57. The van der Waals surface area contributed by atoms with Crippen molar-refractivity contribution in [2.45, 2.75) is 71.6 Å². The van der Waals surface area contributed by atoms with Crippen LogP contribution in [0.2, 0.25) is 5.02 Å². The number of hydrogen-bond donors (Lipinski definition) is 0. The lowest BCUT2D eigenvalue weighted by atomic mass is 9.80. The molecule has 5 aromatic rings. The van der Waals surface area contributed by atoms with Crippen LogP contribution in [0.5, 0.6) is 0 Å². The minimum atomic E-state index is -0.151. The monoisotopic (exact) mass is 505 g/mol. The first-order valence-electron chi connectivity index (χ1n) is 13.3. The molecule has 0 spiro atoms. The van der Waals surface area contributed by atoms with E-state index < -0.39 is 0 Å². The van der Waals surface area contributed by atoms with Crippen LogP contribution in [0.15, 0.2) is 72.8 Å². The normalized spacial score (nSPS) is 14.8. The number of benzene rings is 4. The topological polar surface area (TPSA) is 4.93 Å². The van der Waals surface area contributed by atoms with E-state index >= 15 is 0 Å². The minimum Gasteiger partial charge on any atom is -0.309 e. The van der Waals surface area contributed by atoms with Crippen molar-refractivity contribution in [3.8, 4) is 16.8 Å². The van der Waals surface area contributed by atoms with Gasteiger partial charge in [0.15, 0.2) is 0 Å². The fraction of sp³-hybridized carbons (Fsp3) is 0.314. The van der Waals surface area contributed by atoms with Crippen LogP contribution >= 0.6 is 11.6 Å². The summed E-state index contributed by atoms with van der Waals surface area (Å²) in [5.41, 5.74) is 11.4. The van der Waals surface area contributed by atoms with Crippen molar-refractivity contribution in [3.63, 3.8) is 0 Å². The van der Waals surface area contributed by atoms with Crippen LogP contribution in [0.1, 0.15) is 77.6 Å². The molecule has 6 rings (SSSR count). The summed E-state index contributed by atoms with van der Waals surface area (Å²) in [5.74, 6) is 0. The second-order valence-electron chi connectivity index (χ2n) is 13.3. The van der Waals surface area contributed by atoms with E-state index in [1.165, 1.54) is 60.9 Å². The molecule has 0 saturated heterocycles. The molecule has 2 heteroatoms. The Morgan fingerprint density at radius 3 is 1.97 bits per heavy atom. The largest absolute Gasteiger partial charge is 0.309 e. The van der Waals surface area contributed by atoms with E-state index in [2.05, 4.69) is 133 Å². The van der Waals surface area contributed by atoms with Gasteiger partial charge in [-0.1, -0.05) is 109 Å². The lowest BCUT2D eigenvalue weighted by Crippen LogP contribution is -2.15. The van der Waals surface area contributed by atoms with Gasteiger partial charge in [-0.15, -0.1) is 0 Å². The Labute approximate surface area is 226 Å². The first kappa shape index (κ1) is 24.3. The summed E-state index contributed by atoms with van der Waals surface area (Å²) in [6.07, 6.45) is 0. The summed E-state index contributed by atoms with van der Waals surface area (Å²) in [7, 11) is 0. The molecule has 0 bridgehead atoms. The summed E-state index contributed by atoms with van der Waals surface area (Å²) >= 11 is 7.17. The Morgan fingerprint density at radius 1 is 0.703 bits per heavy atom. The lowest BCUT2D eigenvalue weighted by molar-refractivity contribution is 0.590. The smallest absolute Gasteiger partial charge is 0.0559 e. The number of nitrogens with zero attached hydrogens (tertiary/aromatic N) is 1. The van der Waals surface area contributed by atoms with Gasteiger partial charge in [-0.2, -0.15) is 0 Å². The van der Waals surface area contributed by atoms with Gasteiger partial charge in [-0.25, -0.2) is 0 Å². The highest BCUT2D eigenvalue weighted by atomic mass is 35.5. The maximum Gasteiger partial charge on any atom is 0.0559 e. The second-order valence-corrected chi connectivity index (χ2v) is 13.7. The van der Waals surface area contributed by atoms with Crippen LogP contribution in [-0.4, -0.2) is 4.57 Å². The van der Waals surface area contributed by atoms with Gasteiger partial charge >= 0.3 is 0 Å². The zero-order valence-electron chi connectivity index (χ0n) is 23.3. The maximum absolute atomic E-state index is 7.17. The summed E-state index contributed by atoms with van der Waals surface area (Å²) in [5, 5.41) is 3.45. The van der Waals surface area contributed by atoms with Crippen molar-refractivity contribution in [1.82, 2.24) is 4.57 Å². The number of halogens is 1. The molecule has 188 valence electrons. The molecule has 1 aliphatic rings. The molecule has 0 fully saturated rings. The minimum absolute atomic E-state index is 0.0606. The molecule has 1 heterocycles. The van der Waals surface area contributed by atoms with Gasteiger partial charge in [-0.05, 0) is 69.0 Å². The summed E-state index contributed by atoms with van der Waals surface area (Å²) in [4.78, 5) is 0. The SMILES string of the molecule is CC(C)(C)c1ccc(-n2c3ccc(C(C)(C)C)cc3c3c4c(c(Cl)cc32)-c2ccccc2C4(C)C)cc1. The summed E-state index contributed by atoms with van der Waals surface area (Å²) in [6.45, 7) is 18.4. The molecule has 37 heavy (non-hydrogen) atoms. The van der Waals surface area contributed by atoms with Gasteiger partial charge in [0.05, 0.1) is 16.1 Å². The molecule has 1 nitrogen and oxygen atoms in total. The second kappa shape index (κ2) is 7.74. The molecule has 0 atom stereocenters. The molecule has 1 aromatic heterocycles. The third-order valence-electron chi connectivity index (χ3n) is 8.36. The first-order chi connectivity index (χ1) is 17.3. The summed E-state index contributed by atoms with van der Waals surface area (Å²) in [6, 6.07) is 27.1. The van der Waals surface area contributed by atoms with Crippen LogP contribution < -0.4 is 0 Å². The van der Waals surface area contributed by atoms with Crippen LogP contribution in [0.4, 0.5) is 0 Å². The van der Waals surface area contributed by atoms with Crippen LogP contribution in [0.25, 0.3) is 38.6 Å². The Kier molecular flexibility index (Phi) is 5.09. The van der Waals surface area contributed by atoms with E-state index in [9.17, 15) is 0 Å². The molecule has 0 aliphatic heterocycles. The van der Waals surface area contributed by atoms with E-state index in [0.29, 0.717) is 0 Å². The van der Waals surface area contributed by atoms with Gasteiger partial charge in [-0.3, -0.25) is 0 Å². The Balaban J connectivity index is 1.77. The third-order valence-corrected chi connectivity index (χ3v) is 8.66. The zero-order chi connectivity index (χ0) is 26.5. The predicted octanol–water partition coefficient (Wildman–Crippen LogP) is 10.3. The van der Waals surface area contributed by atoms with Crippen LogP contribution in [0, 0.1) is 0 Å². The van der Waals surface area contributed by atoms with Gasteiger partial charge in [0, 0.05) is 27.4 Å². The summed E-state index contributed by atoms with van der Waals surface area (Å²) < 4.78 is 2.41. The lowest BCUT2D eigenvalue weighted by Gasteiger charge is -2.23. The van der Waals surface area contributed by atoms with Crippen LogP contribution in [0.3, 0.4) is 0 Å². The molecular formula is C35H36ClN. The van der Waals surface area contributed by atoms with Gasteiger partial charge < -0.3 is 4.57 Å². The van der Waals surface area contributed by atoms with E-state index in [-0.39, 0.29) is 16.2 Å². The molecule has 0 amide bonds. The predicted molar refractivity (Wildman–Crippen MR) is 161 cm³/mol. The van der Waals surface area contributed by atoms with Gasteiger partial charge in [0.2, 0.25) is 0 Å². The van der Waals surface area contributed by atoms with Crippen LogP contribution in [-0.2, 0) is 16.2 Å². The quantitative estimate of drug-likeness (QED) is 0.213.